The summed E-state index contributed by atoms with van der Waals surface area (Å²) in [4.78, 5) is 9.37. The molecular weight excluding hydrogens is 534 g/mol. The maximum Gasteiger partial charge on any atom is 0.174 e. The lowest BCUT2D eigenvalue weighted by Gasteiger charge is -2.37. The third kappa shape index (κ3) is 4.99. The van der Waals surface area contributed by atoms with E-state index >= 15 is 0 Å². The fourth-order valence-electron chi connectivity index (χ4n) is 6.44. The molecule has 0 bridgehead atoms. The van der Waals surface area contributed by atoms with Crippen molar-refractivity contribution >= 4 is 40.3 Å². The molecule has 2 fully saturated rings. The first-order valence-electron chi connectivity index (χ1n) is 14.1. The SMILES string of the molecule is Cc1ccc(-n2cccc2[C@@H]2[C@H](c3ccccn3)NC(=S)N2c2ccc(N3C[C@@H](C)C[C@H](C)C3)c(Cl)c2)cc1C. The zero-order valence-electron chi connectivity index (χ0n) is 23.5. The fraction of sp³-hybridized carbons (Fsp3) is 0.333. The second kappa shape index (κ2) is 10.9. The average Bonchev–Trinajstić information content (AvgIpc) is 3.54. The van der Waals surface area contributed by atoms with Gasteiger partial charge in [-0.1, -0.05) is 37.6 Å². The molecule has 7 heteroatoms. The highest BCUT2D eigenvalue weighted by Crippen LogP contribution is 2.44. The van der Waals surface area contributed by atoms with Crippen LogP contribution in [-0.4, -0.2) is 27.8 Å². The number of aryl methyl sites for hydroxylation is 2. The summed E-state index contributed by atoms with van der Waals surface area (Å²) in [6, 6.07) is 23.1. The van der Waals surface area contributed by atoms with Crippen LogP contribution in [0.2, 0.25) is 5.02 Å². The molecule has 6 rings (SSSR count). The minimum absolute atomic E-state index is 0.129. The highest BCUT2D eigenvalue weighted by atomic mass is 35.5. The van der Waals surface area contributed by atoms with Crippen LogP contribution in [-0.2, 0) is 0 Å². The number of hydrogen-bond donors (Lipinski definition) is 1. The van der Waals surface area contributed by atoms with Gasteiger partial charge in [0.25, 0.3) is 0 Å². The highest BCUT2D eigenvalue weighted by Gasteiger charge is 2.42. The summed E-state index contributed by atoms with van der Waals surface area (Å²) in [7, 11) is 0. The van der Waals surface area contributed by atoms with E-state index in [-0.39, 0.29) is 12.1 Å². The van der Waals surface area contributed by atoms with Crippen molar-refractivity contribution in [1.82, 2.24) is 14.9 Å². The van der Waals surface area contributed by atoms with Gasteiger partial charge in [0.2, 0.25) is 0 Å². The number of pyridine rings is 1. The number of halogens is 1. The molecule has 4 heterocycles. The van der Waals surface area contributed by atoms with Crippen LogP contribution in [0.5, 0.6) is 0 Å². The Morgan fingerprint density at radius 2 is 1.68 bits per heavy atom. The zero-order chi connectivity index (χ0) is 28.0. The van der Waals surface area contributed by atoms with Crippen molar-refractivity contribution in [2.45, 2.75) is 46.2 Å². The van der Waals surface area contributed by atoms with Crippen molar-refractivity contribution in [2.24, 2.45) is 11.8 Å². The van der Waals surface area contributed by atoms with E-state index < -0.39 is 0 Å². The number of hydrogen-bond acceptors (Lipinski definition) is 3. The molecule has 0 amide bonds. The van der Waals surface area contributed by atoms with Gasteiger partial charge in [-0.05, 0) is 110 Å². The van der Waals surface area contributed by atoms with Crippen LogP contribution in [0, 0.1) is 25.7 Å². The first-order valence-corrected chi connectivity index (χ1v) is 14.9. The maximum atomic E-state index is 7.02. The van der Waals surface area contributed by atoms with Crippen molar-refractivity contribution in [3.8, 4) is 5.69 Å². The molecule has 2 aliphatic rings. The number of aromatic nitrogens is 2. The molecule has 0 aliphatic carbocycles. The number of benzene rings is 2. The van der Waals surface area contributed by atoms with Gasteiger partial charge >= 0.3 is 0 Å². The molecule has 0 unspecified atom stereocenters. The van der Waals surface area contributed by atoms with Gasteiger partial charge in [-0.2, -0.15) is 0 Å². The lowest BCUT2D eigenvalue weighted by Crippen LogP contribution is -2.38. The molecule has 2 aromatic heterocycles. The van der Waals surface area contributed by atoms with Gasteiger partial charge in [-0.15, -0.1) is 0 Å². The van der Waals surface area contributed by atoms with Crippen molar-refractivity contribution in [3.05, 3.63) is 107 Å². The first-order chi connectivity index (χ1) is 19.3. The molecule has 40 heavy (non-hydrogen) atoms. The minimum Gasteiger partial charge on any atom is -0.370 e. The Labute approximate surface area is 247 Å². The quantitative estimate of drug-likeness (QED) is 0.248. The van der Waals surface area contributed by atoms with Gasteiger partial charge in [-0.25, -0.2) is 0 Å². The Balaban J connectivity index is 1.43. The van der Waals surface area contributed by atoms with E-state index in [0.717, 1.165) is 46.6 Å². The second-order valence-electron chi connectivity index (χ2n) is 11.6. The van der Waals surface area contributed by atoms with Crippen molar-refractivity contribution in [3.63, 3.8) is 0 Å². The molecule has 4 aromatic rings. The van der Waals surface area contributed by atoms with Gasteiger partial charge in [0.1, 0.15) is 6.04 Å². The van der Waals surface area contributed by atoms with E-state index in [1.807, 2.05) is 18.3 Å². The van der Waals surface area contributed by atoms with E-state index in [0.29, 0.717) is 16.9 Å². The minimum atomic E-state index is -0.129. The number of thiocarbonyl (C=S) groups is 1. The van der Waals surface area contributed by atoms with Crippen molar-refractivity contribution in [1.29, 1.82) is 0 Å². The summed E-state index contributed by atoms with van der Waals surface area (Å²) in [5, 5.41) is 5.01. The highest BCUT2D eigenvalue weighted by molar-refractivity contribution is 7.80. The predicted molar refractivity (Wildman–Crippen MR) is 170 cm³/mol. The van der Waals surface area contributed by atoms with Crippen LogP contribution in [0.1, 0.15) is 54.9 Å². The Morgan fingerprint density at radius 3 is 2.38 bits per heavy atom. The second-order valence-corrected chi connectivity index (χ2v) is 12.3. The summed E-state index contributed by atoms with van der Waals surface area (Å²) in [5.74, 6) is 1.30. The zero-order valence-corrected chi connectivity index (χ0v) is 25.1. The molecule has 4 atom stereocenters. The largest absolute Gasteiger partial charge is 0.370 e. The van der Waals surface area contributed by atoms with Gasteiger partial charge in [0.05, 0.1) is 22.4 Å². The van der Waals surface area contributed by atoms with E-state index in [2.05, 4.69) is 108 Å². The Kier molecular flexibility index (Phi) is 7.32. The smallest absolute Gasteiger partial charge is 0.174 e. The molecule has 2 saturated heterocycles. The monoisotopic (exact) mass is 569 g/mol. The fourth-order valence-corrected chi connectivity index (χ4v) is 7.08. The van der Waals surface area contributed by atoms with Crippen LogP contribution < -0.4 is 15.1 Å². The van der Waals surface area contributed by atoms with E-state index in [9.17, 15) is 0 Å². The number of piperidine rings is 1. The predicted octanol–water partition coefficient (Wildman–Crippen LogP) is 7.80. The lowest BCUT2D eigenvalue weighted by molar-refractivity contribution is 0.357. The molecule has 0 spiro atoms. The number of nitrogens with zero attached hydrogens (tertiary/aromatic N) is 4. The summed E-state index contributed by atoms with van der Waals surface area (Å²) < 4.78 is 2.27. The van der Waals surface area contributed by atoms with Gasteiger partial charge < -0.3 is 19.7 Å². The summed E-state index contributed by atoms with van der Waals surface area (Å²) >= 11 is 13.0. The normalized spacial score (nSPS) is 23.0. The Hall–Kier alpha value is -3.35. The third-order valence-corrected chi connectivity index (χ3v) is 8.99. The van der Waals surface area contributed by atoms with Gasteiger partial charge in [0, 0.05) is 42.6 Å². The van der Waals surface area contributed by atoms with Crippen LogP contribution >= 0.6 is 23.8 Å². The molecule has 1 N–H and O–H groups in total. The van der Waals surface area contributed by atoms with Crippen LogP contribution in [0.4, 0.5) is 11.4 Å². The van der Waals surface area contributed by atoms with Crippen molar-refractivity contribution in [2.75, 3.05) is 22.9 Å². The average molecular weight is 570 g/mol. The van der Waals surface area contributed by atoms with Crippen LogP contribution in [0.15, 0.2) is 79.1 Å². The van der Waals surface area contributed by atoms with Gasteiger partial charge in [-0.3, -0.25) is 4.98 Å². The number of anilines is 2. The van der Waals surface area contributed by atoms with Crippen molar-refractivity contribution < 1.29 is 0 Å². The number of rotatable bonds is 5. The Morgan fingerprint density at radius 1 is 0.900 bits per heavy atom. The summed E-state index contributed by atoms with van der Waals surface area (Å²) in [6.45, 7) is 11.0. The maximum absolute atomic E-state index is 7.02. The van der Waals surface area contributed by atoms with Gasteiger partial charge in [0.15, 0.2) is 5.11 Å². The Bertz CT molecular complexity index is 1520. The molecule has 0 radical (unpaired) electrons. The van der Waals surface area contributed by atoms with Crippen LogP contribution in [0.3, 0.4) is 0 Å². The summed E-state index contributed by atoms with van der Waals surface area (Å²) in [5.41, 5.74) is 7.82. The van der Waals surface area contributed by atoms with E-state index in [1.165, 1.54) is 17.5 Å². The molecular formula is C33H36ClN5S. The topological polar surface area (TPSA) is 36.3 Å². The molecule has 2 aromatic carbocycles. The number of nitrogens with one attached hydrogen (secondary N) is 1. The standard InChI is InChI=1S/C33H36ClN5S/c1-21-16-22(2)20-37(19-21)29-13-12-26(18-27(29)34)39-32(31(36-33(39)40)28-8-5-6-14-35-28)30-9-7-15-38(30)25-11-10-23(3)24(4)17-25/h5-15,17-18,21-22,31-32H,16,19-20H2,1-4H3,(H,36,40)/t21-,22-,31-,32+/m0/s1. The molecule has 0 saturated carbocycles. The lowest BCUT2D eigenvalue weighted by atomic mass is 9.91. The van der Waals surface area contributed by atoms with E-state index in [4.69, 9.17) is 28.8 Å². The first kappa shape index (κ1) is 26.9. The molecule has 206 valence electrons. The van der Waals surface area contributed by atoms with Crippen LogP contribution in [0.25, 0.3) is 5.69 Å². The molecule has 5 nitrogen and oxygen atoms in total. The van der Waals surface area contributed by atoms with E-state index in [1.54, 1.807) is 0 Å². The molecule has 2 aliphatic heterocycles. The third-order valence-electron chi connectivity index (χ3n) is 8.37. The summed E-state index contributed by atoms with van der Waals surface area (Å²) in [6.07, 6.45) is 5.23.